The molecule has 23 heavy (non-hydrogen) atoms. The summed E-state index contributed by atoms with van der Waals surface area (Å²) in [5, 5.41) is 0.860. The molecule has 1 atom stereocenters. The number of halogens is 2. The number of Topliss-reactive ketones (excluding diaryl/α,β-unsaturated/α-hetero) is 1. The number of hydrogen-bond acceptors (Lipinski definition) is 3. The van der Waals surface area contributed by atoms with E-state index in [2.05, 4.69) is 0 Å². The molecule has 0 fully saturated rings. The van der Waals surface area contributed by atoms with E-state index >= 15 is 0 Å². The fourth-order valence-corrected chi connectivity index (χ4v) is 2.85. The number of ketones is 1. The van der Waals surface area contributed by atoms with Gasteiger partial charge in [0.05, 0.1) is 15.6 Å². The van der Waals surface area contributed by atoms with Crippen molar-refractivity contribution in [2.75, 3.05) is 14.1 Å². The highest BCUT2D eigenvalue weighted by Crippen LogP contribution is 2.40. The van der Waals surface area contributed by atoms with Crippen LogP contribution >= 0.6 is 23.2 Å². The van der Waals surface area contributed by atoms with Gasteiger partial charge in [0.25, 0.3) is 0 Å². The molecule has 0 aliphatic carbocycles. The van der Waals surface area contributed by atoms with Crippen LogP contribution in [0.1, 0.15) is 17.2 Å². The summed E-state index contributed by atoms with van der Waals surface area (Å²) in [6, 6.07) is 14.6. The molecule has 118 valence electrons. The summed E-state index contributed by atoms with van der Waals surface area (Å²) in [6.07, 6.45) is -0.641. The molecule has 3 rings (SSSR count). The summed E-state index contributed by atoms with van der Waals surface area (Å²) >= 11 is 12.1. The number of benzene rings is 2. The summed E-state index contributed by atoms with van der Waals surface area (Å²) in [7, 11) is 3.68. The van der Waals surface area contributed by atoms with E-state index in [-0.39, 0.29) is 5.78 Å². The van der Waals surface area contributed by atoms with Crippen LogP contribution in [0.15, 0.2) is 54.4 Å². The fraction of sp³-hybridized carbons (Fsp3) is 0.167. The molecule has 2 aromatic rings. The van der Waals surface area contributed by atoms with Gasteiger partial charge in [0, 0.05) is 19.7 Å². The van der Waals surface area contributed by atoms with Crippen LogP contribution in [0.25, 0.3) is 5.57 Å². The van der Waals surface area contributed by atoms with E-state index in [1.165, 1.54) is 0 Å². The topological polar surface area (TPSA) is 29.5 Å². The molecule has 0 amide bonds. The Labute approximate surface area is 145 Å². The van der Waals surface area contributed by atoms with E-state index in [1.54, 1.807) is 23.1 Å². The molecular weight excluding hydrogens is 333 g/mol. The zero-order valence-corrected chi connectivity index (χ0v) is 14.2. The van der Waals surface area contributed by atoms with Gasteiger partial charge in [-0.05, 0) is 17.7 Å². The minimum Gasteiger partial charge on any atom is -0.462 e. The van der Waals surface area contributed by atoms with Crippen LogP contribution in [0.4, 0.5) is 0 Å². The molecule has 0 bridgehead atoms. The Morgan fingerprint density at radius 3 is 2.30 bits per heavy atom. The second-order valence-electron chi connectivity index (χ2n) is 5.48. The summed E-state index contributed by atoms with van der Waals surface area (Å²) in [4.78, 5) is 14.7. The van der Waals surface area contributed by atoms with Crippen molar-refractivity contribution in [2.45, 2.75) is 6.10 Å². The van der Waals surface area contributed by atoms with E-state index in [1.807, 2.05) is 44.4 Å². The third-order valence-corrected chi connectivity index (χ3v) is 4.38. The summed E-state index contributed by atoms with van der Waals surface area (Å²) in [6.45, 7) is 0. The fourth-order valence-electron chi connectivity index (χ4n) is 2.55. The van der Waals surface area contributed by atoms with Crippen LogP contribution in [0.2, 0.25) is 10.0 Å². The zero-order chi connectivity index (χ0) is 16.6. The highest BCUT2D eigenvalue weighted by atomic mass is 35.5. The smallest absolute Gasteiger partial charge is 0.213 e. The first kappa shape index (κ1) is 15.9. The molecule has 1 aliphatic rings. The standard InChI is InChI=1S/C18H15Cl2NO2/c1-21(2)18-15(12-8-9-13(19)14(20)10-12)16(22)17(23-18)11-6-4-3-5-7-11/h3-10,17H,1-2H3. The third kappa shape index (κ3) is 2.94. The van der Waals surface area contributed by atoms with E-state index in [0.29, 0.717) is 27.1 Å². The highest BCUT2D eigenvalue weighted by Gasteiger charge is 2.38. The molecule has 0 N–H and O–H groups in total. The van der Waals surface area contributed by atoms with Crippen LogP contribution in [0, 0.1) is 0 Å². The SMILES string of the molecule is CN(C)C1=C(c2ccc(Cl)c(Cl)c2)C(=O)C(c2ccccc2)O1. The van der Waals surface area contributed by atoms with Gasteiger partial charge in [-0.2, -0.15) is 0 Å². The minimum atomic E-state index is -0.641. The molecule has 1 aliphatic heterocycles. The predicted molar refractivity (Wildman–Crippen MR) is 92.3 cm³/mol. The Morgan fingerprint density at radius 2 is 1.70 bits per heavy atom. The van der Waals surface area contributed by atoms with Gasteiger partial charge in [-0.3, -0.25) is 4.79 Å². The molecule has 0 aromatic heterocycles. The largest absolute Gasteiger partial charge is 0.462 e. The van der Waals surface area contributed by atoms with Crippen molar-refractivity contribution < 1.29 is 9.53 Å². The quantitative estimate of drug-likeness (QED) is 0.814. The van der Waals surface area contributed by atoms with Crippen LogP contribution in [-0.2, 0) is 9.53 Å². The first-order valence-corrected chi connectivity index (χ1v) is 7.87. The number of hydrogen-bond donors (Lipinski definition) is 0. The molecule has 2 aromatic carbocycles. The van der Waals surface area contributed by atoms with Gasteiger partial charge in [-0.1, -0.05) is 59.6 Å². The Morgan fingerprint density at radius 1 is 1.00 bits per heavy atom. The third-order valence-electron chi connectivity index (χ3n) is 3.64. The van der Waals surface area contributed by atoms with Crippen LogP contribution in [0.3, 0.4) is 0 Å². The second kappa shape index (κ2) is 6.26. The van der Waals surface area contributed by atoms with Gasteiger partial charge in [0.15, 0.2) is 6.10 Å². The number of nitrogens with zero attached hydrogens (tertiary/aromatic N) is 1. The molecule has 5 heteroatoms. The summed E-state index contributed by atoms with van der Waals surface area (Å²) in [5.74, 6) is 0.445. The molecule has 0 spiro atoms. The molecule has 1 heterocycles. The molecule has 1 unspecified atom stereocenters. The Kier molecular flexibility index (Phi) is 4.33. The lowest BCUT2D eigenvalue weighted by Gasteiger charge is -2.17. The maximum atomic E-state index is 12.9. The molecular formula is C18H15Cl2NO2. The van der Waals surface area contributed by atoms with Crippen molar-refractivity contribution in [3.05, 3.63) is 75.6 Å². The highest BCUT2D eigenvalue weighted by molar-refractivity contribution is 6.42. The van der Waals surface area contributed by atoms with E-state index in [4.69, 9.17) is 27.9 Å². The van der Waals surface area contributed by atoms with Gasteiger partial charge in [-0.15, -0.1) is 0 Å². The van der Waals surface area contributed by atoms with E-state index < -0.39 is 6.10 Å². The van der Waals surface area contributed by atoms with Gasteiger partial charge in [0.1, 0.15) is 0 Å². The molecule has 3 nitrogen and oxygen atoms in total. The van der Waals surface area contributed by atoms with Crippen LogP contribution in [-0.4, -0.2) is 24.8 Å². The number of carbonyl (C=O) groups excluding carboxylic acids is 1. The number of rotatable bonds is 3. The van der Waals surface area contributed by atoms with Crippen molar-refractivity contribution in [1.82, 2.24) is 4.90 Å². The number of carbonyl (C=O) groups is 1. The lowest BCUT2D eigenvalue weighted by atomic mass is 9.97. The van der Waals surface area contributed by atoms with E-state index in [0.717, 1.165) is 5.56 Å². The number of ether oxygens (including phenoxy) is 1. The maximum absolute atomic E-state index is 12.9. The first-order valence-electron chi connectivity index (χ1n) is 7.12. The lowest BCUT2D eigenvalue weighted by molar-refractivity contribution is -0.120. The van der Waals surface area contributed by atoms with Crippen LogP contribution < -0.4 is 0 Å². The van der Waals surface area contributed by atoms with Crippen LogP contribution in [0.5, 0.6) is 0 Å². The van der Waals surface area contributed by atoms with Crippen molar-refractivity contribution in [3.8, 4) is 0 Å². The average Bonchev–Trinajstić information content (AvgIpc) is 2.89. The predicted octanol–water partition coefficient (Wildman–Crippen LogP) is 4.56. The lowest BCUT2D eigenvalue weighted by Crippen LogP contribution is -2.13. The van der Waals surface area contributed by atoms with Gasteiger partial charge >= 0.3 is 0 Å². The Hall–Kier alpha value is -1.97. The summed E-state index contributed by atoms with van der Waals surface area (Å²) in [5.41, 5.74) is 2.04. The van der Waals surface area contributed by atoms with E-state index in [9.17, 15) is 4.79 Å². The van der Waals surface area contributed by atoms with Crippen molar-refractivity contribution in [1.29, 1.82) is 0 Å². The molecule has 0 radical (unpaired) electrons. The molecule has 0 saturated carbocycles. The van der Waals surface area contributed by atoms with Crippen molar-refractivity contribution >= 4 is 34.6 Å². The Bertz CT molecular complexity index is 785. The summed E-state index contributed by atoms with van der Waals surface area (Å²) < 4.78 is 5.94. The van der Waals surface area contributed by atoms with Crippen molar-refractivity contribution in [3.63, 3.8) is 0 Å². The minimum absolute atomic E-state index is 0.0849. The zero-order valence-electron chi connectivity index (χ0n) is 12.7. The van der Waals surface area contributed by atoms with Crippen molar-refractivity contribution in [2.24, 2.45) is 0 Å². The normalized spacial score (nSPS) is 17.4. The monoisotopic (exact) mass is 347 g/mol. The maximum Gasteiger partial charge on any atom is 0.213 e. The first-order chi connectivity index (χ1) is 11.0. The van der Waals surface area contributed by atoms with Gasteiger partial charge < -0.3 is 9.64 Å². The van der Waals surface area contributed by atoms with Gasteiger partial charge in [0.2, 0.25) is 11.7 Å². The average molecular weight is 348 g/mol. The Balaban J connectivity index is 2.06. The molecule has 0 saturated heterocycles. The second-order valence-corrected chi connectivity index (χ2v) is 6.29. The van der Waals surface area contributed by atoms with Gasteiger partial charge in [-0.25, -0.2) is 0 Å².